The second-order valence-electron chi connectivity index (χ2n) is 4.31. The van der Waals surface area contributed by atoms with E-state index in [-0.39, 0.29) is 11.9 Å². The van der Waals surface area contributed by atoms with Crippen LogP contribution in [-0.4, -0.2) is 7.05 Å². The zero-order valence-corrected chi connectivity index (χ0v) is 11.1. The van der Waals surface area contributed by atoms with Crippen molar-refractivity contribution in [2.24, 2.45) is 0 Å². The molecule has 0 aliphatic heterocycles. The van der Waals surface area contributed by atoms with Crippen molar-refractivity contribution < 1.29 is 4.39 Å². The fraction of sp³-hybridized carbons (Fsp3) is 0.200. The standard InChI is InChI=1S/C15H15ClFN/c1-10-7-11(9-12(16)8-10)15(18-2)13-5-3-4-6-14(13)17/h3-9,15,18H,1-2H3. The number of aryl methyl sites for hydroxylation is 1. The summed E-state index contributed by atoms with van der Waals surface area (Å²) in [7, 11) is 1.81. The van der Waals surface area contributed by atoms with Gasteiger partial charge in [-0.3, -0.25) is 0 Å². The minimum atomic E-state index is -0.213. The van der Waals surface area contributed by atoms with Crippen LogP contribution in [0.25, 0.3) is 0 Å². The predicted molar refractivity (Wildman–Crippen MR) is 73.5 cm³/mol. The van der Waals surface area contributed by atoms with Gasteiger partial charge in [0.05, 0.1) is 6.04 Å². The van der Waals surface area contributed by atoms with Crippen molar-refractivity contribution in [2.75, 3.05) is 7.05 Å². The molecule has 0 aliphatic carbocycles. The van der Waals surface area contributed by atoms with E-state index < -0.39 is 0 Å². The molecule has 0 saturated carbocycles. The molecule has 0 spiro atoms. The summed E-state index contributed by atoms with van der Waals surface area (Å²) >= 11 is 6.06. The maximum atomic E-state index is 13.8. The number of benzene rings is 2. The second kappa shape index (κ2) is 5.51. The normalized spacial score (nSPS) is 12.4. The van der Waals surface area contributed by atoms with E-state index >= 15 is 0 Å². The first kappa shape index (κ1) is 13.1. The summed E-state index contributed by atoms with van der Waals surface area (Å²) in [4.78, 5) is 0. The quantitative estimate of drug-likeness (QED) is 0.879. The molecule has 2 rings (SSSR count). The van der Waals surface area contributed by atoms with Crippen molar-refractivity contribution in [3.05, 3.63) is 70.0 Å². The third kappa shape index (κ3) is 2.71. The van der Waals surface area contributed by atoms with Gasteiger partial charge in [-0.25, -0.2) is 4.39 Å². The fourth-order valence-electron chi connectivity index (χ4n) is 2.14. The number of hydrogen-bond acceptors (Lipinski definition) is 1. The summed E-state index contributed by atoms with van der Waals surface area (Å²) in [5.74, 6) is -0.213. The molecule has 1 N–H and O–H groups in total. The first-order chi connectivity index (χ1) is 8.61. The third-order valence-electron chi connectivity index (χ3n) is 2.90. The Hall–Kier alpha value is -1.38. The maximum absolute atomic E-state index is 13.8. The van der Waals surface area contributed by atoms with Gasteiger partial charge in [-0.1, -0.05) is 35.9 Å². The lowest BCUT2D eigenvalue weighted by atomic mass is 9.97. The largest absolute Gasteiger partial charge is 0.309 e. The Bertz CT molecular complexity index is 534. The minimum Gasteiger partial charge on any atom is -0.309 e. The van der Waals surface area contributed by atoms with Crippen LogP contribution in [0.5, 0.6) is 0 Å². The lowest BCUT2D eigenvalue weighted by Crippen LogP contribution is -2.19. The summed E-state index contributed by atoms with van der Waals surface area (Å²) in [5, 5.41) is 3.80. The zero-order chi connectivity index (χ0) is 13.1. The SMILES string of the molecule is CNC(c1cc(C)cc(Cl)c1)c1ccccc1F. The highest BCUT2D eigenvalue weighted by molar-refractivity contribution is 6.30. The Balaban J connectivity index is 2.48. The van der Waals surface area contributed by atoms with Gasteiger partial charge in [-0.15, -0.1) is 0 Å². The molecule has 2 aromatic rings. The van der Waals surface area contributed by atoms with Crippen molar-refractivity contribution in [3.63, 3.8) is 0 Å². The average molecular weight is 264 g/mol. The van der Waals surface area contributed by atoms with Crippen molar-refractivity contribution in [2.45, 2.75) is 13.0 Å². The molecular weight excluding hydrogens is 249 g/mol. The molecule has 0 amide bonds. The van der Waals surface area contributed by atoms with Gasteiger partial charge in [0.25, 0.3) is 0 Å². The smallest absolute Gasteiger partial charge is 0.128 e. The van der Waals surface area contributed by atoms with E-state index in [4.69, 9.17) is 11.6 Å². The lowest BCUT2D eigenvalue weighted by Gasteiger charge is -2.18. The van der Waals surface area contributed by atoms with Crippen LogP contribution in [0, 0.1) is 12.7 Å². The van der Waals surface area contributed by atoms with E-state index in [1.54, 1.807) is 12.1 Å². The Labute approximate surface area is 112 Å². The van der Waals surface area contributed by atoms with Crippen molar-refractivity contribution in [3.8, 4) is 0 Å². The molecule has 2 aromatic carbocycles. The summed E-state index contributed by atoms with van der Waals surface area (Å²) in [5.41, 5.74) is 2.66. The number of halogens is 2. The van der Waals surface area contributed by atoms with Crippen molar-refractivity contribution in [1.29, 1.82) is 0 Å². The molecule has 0 fully saturated rings. The van der Waals surface area contributed by atoms with Crippen LogP contribution >= 0.6 is 11.6 Å². The van der Waals surface area contributed by atoms with Gasteiger partial charge >= 0.3 is 0 Å². The molecule has 18 heavy (non-hydrogen) atoms. The molecule has 94 valence electrons. The zero-order valence-electron chi connectivity index (χ0n) is 10.4. The molecule has 1 unspecified atom stereocenters. The molecule has 0 saturated heterocycles. The van der Waals surface area contributed by atoms with Gasteiger partial charge in [0.15, 0.2) is 0 Å². The van der Waals surface area contributed by atoms with Gasteiger partial charge in [-0.2, -0.15) is 0 Å². The predicted octanol–water partition coefficient (Wildman–Crippen LogP) is 4.10. The summed E-state index contributed by atoms with van der Waals surface area (Å²) in [6, 6.07) is 12.4. The first-order valence-electron chi connectivity index (χ1n) is 5.80. The molecule has 0 radical (unpaired) electrons. The van der Waals surface area contributed by atoms with E-state index in [0.29, 0.717) is 10.6 Å². The first-order valence-corrected chi connectivity index (χ1v) is 6.18. The van der Waals surface area contributed by atoms with E-state index in [1.165, 1.54) is 6.07 Å². The van der Waals surface area contributed by atoms with E-state index in [2.05, 4.69) is 5.32 Å². The molecule has 0 aliphatic rings. The summed E-state index contributed by atoms with van der Waals surface area (Å²) in [6.07, 6.45) is 0. The number of nitrogens with one attached hydrogen (secondary N) is 1. The van der Waals surface area contributed by atoms with Crippen LogP contribution in [0.1, 0.15) is 22.7 Å². The van der Waals surface area contributed by atoms with E-state index in [0.717, 1.165) is 11.1 Å². The van der Waals surface area contributed by atoms with Gasteiger partial charge in [0.2, 0.25) is 0 Å². The van der Waals surface area contributed by atoms with Crippen LogP contribution in [0.3, 0.4) is 0 Å². The van der Waals surface area contributed by atoms with Crippen LogP contribution in [0.2, 0.25) is 5.02 Å². The minimum absolute atomic E-state index is 0.191. The highest BCUT2D eigenvalue weighted by Crippen LogP contribution is 2.27. The molecule has 0 aromatic heterocycles. The number of rotatable bonds is 3. The molecule has 0 bridgehead atoms. The third-order valence-corrected chi connectivity index (χ3v) is 3.12. The Morgan fingerprint density at radius 1 is 1.17 bits per heavy atom. The van der Waals surface area contributed by atoms with Gasteiger partial charge in [0, 0.05) is 10.6 Å². The molecule has 1 nitrogen and oxygen atoms in total. The van der Waals surface area contributed by atoms with Crippen LogP contribution in [0.15, 0.2) is 42.5 Å². The highest BCUT2D eigenvalue weighted by Gasteiger charge is 2.16. The summed E-state index contributed by atoms with van der Waals surface area (Å²) in [6.45, 7) is 1.98. The molecule has 0 heterocycles. The van der Waals surface area contributed by atoms with Crippen LogP contribution in [0.4, 0.5) is 4.39 Å². The highest BCUT2D eigenvalue weighted by atomic mass is 35.5. The molecule has 1 atom stereocenters. The monoisotopic (exact) mass is 263 g/mol. The second-order valence-corrected chi connectivity index (χ2v) is 4.74. The van der Waals surface area contributed by atoms with Gasteiger partial charge < -0.3 is 5.32 Å². The van der Waals surface area contributed by atoms with Crippen LogP contribution < -0.4 is 5.32 Å². The van der Waals surface area contributed by atoms with Gasteiger partial charge in [-0.05, 0) is 43.3 Å². The Morgan fingerprint density at radius 3 is 2.50 bits per heavy atom. The topological polar surface area (TPSA) is 12.0 Å². The fourth-order valence-corrected chi connectivity index (χ4v) is 2.44. The van der Waals surface area contributed by atoms with Crippen LogP contribution in [-0.2, 0) is 0 Å². The molecular formula is C15H15ClFN. The molecule has 3 heteroatoms. The average Bonchev–Trinajstić information content (AvgIpc) is 2.31. The maximum Gasteiger partial charge on any atom is 0.128 e. The van der Waals surface area contributed by atoms with Crippen molar-refractivity contribution in [1.82, 2.24) is 5.32 Å². The van der Waals surface area contributed by atoms with E-state index in [9.17, 15) is 4.39 Å². The number of hydrogen-bond donors (Lipinski definition) is 1. The van der Waals surface area contributed by atoms with Gasteiger partial charge in [0.1, 0.15) is 5.82 Å². The lowest BCUT2D eigenvalue weighted by molar-refractivity contribution is 0.576. The summed E-state index contributed by atoms with van der Waals surface area (Å²) < 4.78 is 13.8. The Kier molecular flexibility index (Phi) is 4.00. The van der Waals surface area contributed by atoms with Crippen molar-refractivity contribution >= 4 is 11.6 Å². The van der Waals surface area contributed by atoms with E-state index in [1.807, 2.05) is 38.2 Å². The Morgan fingerprint density at radius 2 is 1.89 bits per heavy atom.